The topological polar surface area (TPSA) is 76.4 Å². The first-order valence-corrected chi connectivity index (χ1v) is 9.18. The molecular formula is C20H21N3O2S. The fourth-order valence-corrected chi connectivity index (χ4v) is 3.44. The number of thiophene rings is 1. The van der Waals surface area contributed by atoms with Gasteiger partial charge in [-0.25, -0.2) is 4.79 Å². The number of carbonyl (C=O) groups is 1. The minimum Gasteiger partial charge on any atom is -0.450 e. The van der Waals surface area contributed by atoms with Crippen LogP contribution in [0.2, 0.25) is 0 Å². The lowest BCUT2D eigenvalue weighted by molar-refractivity contribution is 0.168. The van der Waals surface area contributed by atoms with E-state index in [4.69, 9.17) is 10.5 Å². The number of hydrogen-bond donors (Lipinski definition) is 3. The van der Waals surface area contributed by atoms with Gasteiger partial charge in [0.25, 0.3) is 0 Å². The molecule has 3 aromatic rings. The number of anilines is 3. The first-order chi connectivity index (χ1) is 12.7. The molecule has 26 heavy (non-hydrogen) atoms. The van der Waals surface area contributed by atoms with Gasteiger partial charge >= 0.3 is 6.09 Å². The molecule has 0 unspecified atom stereocenters. The first kappa shape index (κ1) is 17.8. The number of nitrogens with one attached hydrogen (secondary N) is 2. The maximum Gasteiger partial charge on any atom is 0.411 e. The average molecular weight is 367 g/mol. The summed E-state index contributed by atoms with van der Waals surface area (Å²) in [5.41, 5.74) is 9.15. The van der Waals surface area contributed by atoms with Gasteiger partial charge in [-0.3, -0.25) is 5.32 Å². The molecule has 4 N–H and O–H groups in total. The van der Waals surface area contributed by atoms with Crippen LogP contribution in [0.3, 0.4) is 0 Å². The van der Waals surface area contributed by atoms with E-state index in [0.29, 0.717) is 24.5 Å². The minimum atomic E-state index is -0.507. The standard InChI is InChI=1S/C20H21N3O2S/c1-2-25-20(24)23-18-10-8-15(12-17(18)21)22-13-16-9-11-19(26-16)14-6-4-3-5-7-14/h3-12,22H,2,13,21H2,1H3,(H,23,24). The molecule has 0 saturated carbocycles. The van der Waals surface area contributed by atoms with Crippen LogP contribution in [-0.4, -0.2) is 12.7 Å². The van der Waals surface area contributed by atoms with Crippen LogP contribution in [0.4, 0.5) is 21.9 Å². The van der Waals surface area contributed by atoms with Crippen molar-refractivity contribution >= 4 is 34.5 Å². The van der Waals surface area contributed by atoms with Gasteiger partial charge in [-0.1, -0.05) is 30.3 Å². The summed E-state index contributed by atoms with van der Waals surface area (Å²) in [4.78, 5) is 14.0. The largest absolute Gasteiger partial charge is 0.450 e. The van der Waals surface area contributed by atoms with Crippen LogP contribution in [0.15, 0.2) is 60.7 Å². The number of nitrogen functional groups attached to an aromatic ring is 1. The molecule has 0 aliphatic heterocycles. The number of nitrogens with two attached hydrogens (primary N) is 1. The zero-order valence-electron chi connectivity index (χ0n) is 14.5. The first-order valence-electron chi connectivity index (χ1n) is 8.37. The van der Waals surface area contributed by atoms with Crippen molar-refractivity contribution in [3.8, 4) is 10.4 Å². The highest BCUT2D eigenvalue weighted by Crippen LogP contribution is 2.29. The van der Waals surface area contributed by atoms with Crippen molar-refractivity contribution in [2.45, 2.75) is 13.5 Å². The number of benzene rings is 2. The summed E-state index contributed by atoms with van der Waals surface area (Å²) < 4.78 is 4.86. The van der Waals surface area contributed by atoms with Crippen LogP contribution in [0.5, 0.6) is 0 Å². The Hall–Kier alpha value is -2.99. The molecule has 1 aromatic heterocycles. The molecule has 2 aromatic carbocycles. The van der Waals surface area contributed by atoms with Crippen molar-refractivity contribution < 1.29 is 9.53 Å². The predicted molar refractivity (Wildman–Crippen MR) is 109 cm³/mol. The van der Waals surface area contributed by atoms with Crippen molar-refractivity contribution in [2.24, 2.45) is 0 Å². The summed E-state index contributed by atoms with van der Waals surface area (Å²) >= 11 is 1.76. The summed E-state index contributed by atoms with van der Waals surface area (Å²) in [7, 11) is 0. The van der Waals surface area contributed by atoms with Gasteiger partial charge in [0.15, 0.2) is 0 Å². The van der Waals surface area contributed by atoms with Gasteiger partial charge in [0.05, 0.1) is 18.0 Å². The highest BCUT2D eigenvalue weighted by Gasteiger charge is 2.07. The van der Waals surface area contributed by atoms with Gasteiger partial charge in [0.1, 0.15) is 0 Å². The Bertz CT molecular complexity index is 878. The molecule has 134 valence electrons. The second-order valence-corrected chi connectivity index (χ2v) is 6.80. The van der Waals surface area contributed by atoms with Crippen molar-refractivity contribution in [3.63, 3.8) is 0 Å². The third-order valence-corrected chi connectivity index (χ3v) is 4.88. The number of ether oxygens (including phenoxy) is 1. The molecule has 0 bridgehead atoms. The maximum absolute atomic E-state index is 11.5. The van der Waals surface area contributed by atoms with Gasteiger partial charge in [0.2, 0.25) is 0 Å². The number of rotatable bonds is 6. The average Bonchev–Trinajstić information content (AvgIpc) is 3.12. The Morgan fingerprint density at radius 1 is 1.12 bits per heavy atom. The summed E-state index contributed by atoms with van der Waals surface area (Å²) in [6, 6.07) is 20.0. The molecule has 1 amide bonds. The zero-order chi connectivity index (χ0) is 18.4. The monoisotopic (exact) mass is 367 g/mol. The summed E-state index contributed by atoms with van der Waals surface area (Å²) in [5.74, 6) is 0. The van der Waals surface area contributed by atoms with Gasteiger partial charge in [0, 0.05) is 22.0 Å². The molecule has 0 aliphatic rings. The molecule has 0 fully saturated rings. The molecule has 0 atom stereocenters. The third-order valence-electron chi connectivity index (χ3n) is 3.75. The predicted octanol–water partition coefficient (Wildman–Crippen LogP) is 5.18. The summed E-state index contributed by atoms with van der Waals surface area (Å²) in [5, 5.41) is 5.98. The normalized spacial score (nSPS) is 10.3. The second-order valence-electron chi connectivity index (χ2n) is 5.63. The quantitative estimate of drug-likeness (QED) is 0.525. The van der Waals surface area contributed by atoms with E-state index in [2.05, 4.69) is 34.9 Å². The highest BCUT2D eigenvalue weighted by atomic mass is 32.1. The van der Waals surface area contributed by atoms with Crippen LogP contribution in [0, 0.1) is 0 Å². The lowest BCUT2D eigenvalue weighted by Crippen LogP contribution is -2.14. The van der Waals surface area contributed by atoms with Crippen LogP contribution < -0.4 is 16.4 Å². The van der Waals surface area contributed by atoms with Crippen molar-refractivity contribution in [2.75, 3.05) is 23.0 Å². The molecular weight excluding hydrogens is 346 g/mol. The van der Waals surface area contributed by atoms with E-state index in [1.54, 1.807) is 30.4 Å². The Morgan fingerprint density at radius 3 is 2.65 bits per heavy atom. The summed E-state index contributed by atoms with van der Waals surface area (Å²) in [6.45, 7) is 2.78. The van der Waals surface area contributed by atoms with E-state index in [9.17, 15) is 4.79 Å². The maximum atomic E-state index is 11.5. The third kappa shape index (κ3) is 4.55. The lowest BCUT2D eigenvalue weighted by atomic mass is 10.2. The van der Waals surface area contributed by atoms with Crippen molar-refractivity contribution in [1.29, 1.82) is 0 Å². The van der Waals surface area contributed by atoms with E-state index < -0.39 is 6.09 Å². The van der Waals surface area contributed by atoms with E-state index in [0.717, 1.165) is 5.69 Å². The van der Waals surface area contributed by atoms with E-state index in [-0.39, 0.29) is 0 Å². The van der Waals surface area contributed by atoms with Crippen LogP contribution in [-0.2, 0) is 11.3 Å². The van der Waals surface area contributed by atoms with Crippen LogP contribution >= 0.6 is 11.3 Å². The molecule has 1 heterocycles. The SMILES string of the molecule is CCOC(=O)Nc1ccc(NCc2ccc(-c3ccccc3)s2)cc1N. The Balaban J connectivity index is 1.61. The number of hydrogen-bond acceptors (Lipinski definition) is 5. The van der Waals surface area contributed by atoms with Crippen LogP contribution in [0.25, 0.3) is 10.4 Å². The number of carbonyl (C=O) groups excluding carboxylic acids is 1. The molecule has 0 radical (unpaired) electrons. The minimum absolute atomic E-state index is 0.317. The molecule has 6 heteroatoms. The molecule has 0 saturated heterocycles. The molecule has 0 aliphatic carbocycles. The summed E-state index contributed by atoms with van der Waals surface area (Å²) in [6.07, 6.45) is -0.507. The molecule has 5 nitrogen and oxygen atoms in total. The van der Waals surface area contributed by atoms with E-state index in [1.807, 2.05) is 24.3 Å². The van der Waals surface area contributed by atoms with Gasteiger partial charge in [-0.2, -0.15) is 0 Å². The van der Waals surface area contributed by atoms with E-state index in [1.165, 1.54) is 15.3 Å². The fourth-order valence-electron chi connectivity index (χ4n) is 2.48. The van der Waals surface area contributed by atoms with Crippen LogP contribution in [0.1, 0.15) is 11.8 Å². The molecule has 3 rings (SSSR count). The number of amides is 1. The fraction of sp³-hybridized carbons (Fsp3) is 0.150. The smallest absolute Gasteiger partial charge is 0.411 e. The second kappa shape index (κ2) is 8.40. The molecule has 0 spiro atoms. The Kier molecular flexibility index (Phi) is 5.76. The van der Waals surface area contributed by atoms with Gasteiger partial charge < -0.3 is 15.8 Å². The Morgan fingerprint density at radius 2 is 1.92 bits per heavy atom. The van der Waals surface area contributed by atoms with E-state index >= 15 is 0 Å². The lowest BCUT2D eigenvalue weighted by Gasteiger charge is -2.11. The van der Waals surface area contributed by atoms with Crippen molar-refractivity contribution in [1.82, 2.24) is 0 Å². The highest BCUT2D eigenvalue weighted by molar-refractivity contribution is 7.15. The van der Waals surface area contributed by atoms with Crippen molar-refractivity contribution in [3.05, 3.63) is 65.5 Å². The Labute approximate surface area is 156 Å². The zero-order valence-corrected chi connectivity index (χ0v) is 15.3. The van der Waals surface area contributed by atoms with Gasteiger partial charge in [-0.05, 0) is 42.8 Å². The van der Waals surface area contributed by atoms with Gasteiger partial charge in [-0.15, -0.1) is 11.3 Å².